The third kappa shape index (κ3) is 8.16. The molecule has 1 aromatic heterocycles. The lowest BCUT2D eigenvalue weighted by Gasteiger charge is -2.18. The van der Waals surface area contributed by atoms with Gasteiger partial charge in [0.2, 0.25) is 10.0 Å². The molecular formula is C15H32IN7O2S. The fourth-order valence-corrected chi connectivity index (χ4v) is 3.76. The maximum atomic E-state index is 12.2. The summed E-state index contributed by atoms with van der Waals surface area (Å²) in [6.07, 6.45) is 2.54. The summed E-state index contributed by atoms with van der Waals surface area (Å²) in [5.41, 5.74) is 0. The number of aryl methyl sites for hydroxylation is 1. The van der Waals surface area contributed by atoms with Crippen LogP contribution in [0, 0.1) is 0 Å². The van der Waals surface area contributed by atoms with E-state index in [0.717, 1.165) is 18.8 Å². The van der Waals surface area contributed by atoms with Crippen molar-refractivity contribution in [3.05, 3.63) is 12.2 Å². The van der Waals surface area contributed by atoms with E-state index < -0.39 is 10.0 Å². The molecule has 1 heterocycles. The molecule has 0 aliphatic rings. The van der Waals surface area contributed by atoms with E-state index in [-0.39, 0.29) is 36.3 Å². The van der Waals surface area contributed by atoms with E-state index in [0.29, 0.717) is 32.1 Å². The molecule has 0 aliphatic carbocycles. The summed E-state index contributed by atoms with van der Waals surface area (Å²) in [6, 6.07) is 0. The molecule has 0 amide bonds. The number of nitrogens with zero attached hydrogens (tertiary/aromatic N) is 5. The number of aliphatic imine (C=N–C) groups is 1. The normalized spacial score (nSPS) is 12.1. The third-order valence-corrected chi connectivity index (χ3v) is 5.72. The lowest BCUT2D eigenvalue weighted by molar-refractivity contribution is 0.445. The molecule has 1 aromatic rings. The Morgan fingerprint density at radius 1 is 1.23 bits per heavy atom. The van der Waals surface area contributed by atoms with E-state index in [1.165, 1.54) is 4.31 Å². The summed E-state index contributed by atoms with van der Waals surface area (Å²) in [7, 11) is -3.25. The van der Waals surface area contributed by atoms with Crippen LogP contribution in [0.5, 0.6) is 0 Å². The van der Waals surface area contributed by atoms with E-state index in [2.05, 4.69) is 25.8 Å². The van der Waals surface area contributed by atoms with Gasteiger partial charge in [0.25, 0.3) is 0 Å². The van der Waals surface area contributed by atoms with Crippen molar-refractivity contribution in [3.63, 3.8) is 0 Å². The van der Waals surface area contributed by atoms with Gasteiger partial charge in [0.15, 0.2) is 5.96 Å². The van der Waals surface area contributed by atoms with Crippen molar-refractivity contribution in [2.75, 3.05) is 38.5 Å². The van der Waals surface area contributed by atoms with Crippen LogP contribution in [0.15, 0.2) is 11.3 Å². The topological polar surface area (TPSA) is 105 Å². The predicted octanol–water partition coefficient (Wildman–Crippen LogP) is 0.685. The first-order chi connectivity index (χ1) is 12.0. The highest BCUT2D eigenvalue weighted by atomic mass is 127. The molecule has 0 radical (unpaired) electrons. The van der Waals surface area contributed by atoms with Gasteiger partial charge in [0, 0.05) is 39.1 Å². The van der Waals surface area contributed by atoms with Gasteiger partial charge in [-0.1, -0.05) is 20.8 Å². The standard InChI is InChI=1S/C15H31N7O2S.HI/c1-5-14-20-19-13-21(14)11-9-17-15(16-6-2)18-10-12-25(23,24)22(7-3)8-4;/h13H,5-12H2,1-4H3,(H2,16,17,18);1H. The SMILES string of the molecule is CCNC(=NCCS(=O)(=O)N(CC)CC)NCCn1cnnc1CC.I. The van der Waals surface area contributed by atoms with Crippen LogP contribution in [-0.2, 0) is 23.0 Å². The van der Waals surface area contributed by atoms with Crippen molar-refractivity contribution >= 4 is 40.0 Å². The summed E-state index contributed by atoms with van der Waals surface area (Å²) in [5.74, 6) is 1.56. The number of sulfonamides is 1. The van der Waals surface area contributed by atoms with Crippen LogP contribution in [0.4, 0.5) is 0 Å². The molecular weight excluding hydrogens is 469 g/mol. The zero-order valence-corrected chi connectivity index (χ0v) is 19.3. The Kier molecular flexibility index (Phi) is 12.8. The molecule has 26 heavy (non-hydrogen) atoms. The number of halogens is 1. The smallest absolute Gasteiger partial charge is 0.215 e. The molecule has 11 heteroatoms. The van der Waals surface area contributed by atoms with Gasteiger partial charge in [-0.3, -0.25) is 4.99 Å². The average molecular weight is 501 g/mol. The summed E-state index contributed by atoms with van der Waals surface area (Å²) in [5, 5.41) is 14.3. The van der Waals surface area contributed by atoms with Gasteiger partial charge in [-0.25, -0.2) is 12.7 Å². The lowest BCUT2D eigenvalue weighted by atomic mass is 10.4. The molecule has 0 aromatic carbocycles. The van der Waals surface area contributed by atoms with Crippen molar-refractivity contribution in [1.82, 2.24) is 29.7 Å². The molecule has 9 nitrogen and oxygen atoms in total. The molecule has 1 rings (SSSR count). The maximum Gasteiger partial charge on any atom is 0.215 e. The number of aromatic nitrogens is 3. The zero-order chi connectivity index (χ0) is 18.7. The van der Waals surface area contributed by atoms with Crippen LogP contribution < -0.4 is 10.6 Å². The molecule has 0 spiro atoms. The molecule has 0 bridgehead atoms. The van der Waals surface area contributed by atoms with Crippen LogP contribution in [0.1, 0.15) is 33.5 Å². The van der Waals surface area contributed by atoms with Gasteiger partial charge < -0.3 is 15.2 Å². The Morgan fingerprint density at radius 2 is 1.92 bits per heavy atom. The molecule has 0 saturated carbocycles. The Hall–Kier alpha value is -0.950. The summed E-state index contributed by atoms with van der Waals surface area (Å²) < 4.78 is 27.8. The van der Waals surface area contributed by atoms with E-state index in [1.807, 2.05) is 32.3 Å². The molecule has 2 N–H and O–H groups in total. The summed E-state index contributed by atoms with van der Waals surface area (Å²) in [4.78, 5) is 4.36. The molecule has 0 saturated heterocycles. The quantitative estimate of drug-likeness (QED) is 0.263. The average Bonchev–Trinajstić information content (AvgIpc) is 3.03. The second-order valence-electron chi connectivity index (χ2n) is 5.38. The van der Waals surface area contributed by atoms with Crippen molar-refractivity contribution < 1.29 is 8.42 Å². The minimum atomic E-state index is -3.25. The Bertz CT molecular complexity index is 630. The molecule has 0 aliphatic heterocycles. The summed E-state index contributed by atoms with van der Waals surface area (Å²) in [6.45, 7) is 11.0. The first kappa shape index (κ1) is 25.1. The highest BCUT2D eigenvalue weighted by Crippen LogP contribution is 2.00. The first-order valence-corrected chi connectivity index (χ1v) is 10.5. The number of rotatable bonds is 11. The molecule has 0 atom stereocenters. The van der Waals surface area contributed by atoms with Crippen LogP contribution in [-0.4, -0.2) is 71.9 Å². The fraction of sp³-hybridized carbons (Fsp3) is 0.800. The van der Waals surface area contributed by atoms with Gasteiger partial charge in [-0.15, -0.1) is 34.2 Å². The number of hydrogen-bond acceptors (Lipinski definition) is 5. The van der Waals surface area contributed by atoms with E-state index in [1.54, 1.807) is 6.33 Å². The highest BCUT2D eigenvalue weighted by Gasteiger charge is 2.17. The minimum absolute atomic E-state index is 0. The summed E-state index contributed by atoms with van der Waals surface area (Å²) >= 11 is 0. The Morgan fingerprint density at radius 3 is 2.50 bits per heavy atom. The Balaban J connectivity index is 0.00000625. The van der Waals surface area contributed by atoms with Crippen LogP contribution in [0.25, 0.3) is 0 Å². The number of hydrogen-bond donors (Lipinski definition) is 2. The molecule has 152 valence electrons. The van der Waals surface area contributed by atoms with Crippen molar-refractivity contribution in [2.45, 2.75) is 40.7 Å². The van der Waals surface area contributed by atoms with Gasteiger partial charge in [0.1, 0.15) is 12.2 Å². The van der Waals surface area contributed by atoms with Crippen LogP contribution in [0.3, 0.4) is 0 Å². The molecule has 0 unspecified atom stereocenters. The highest BCUT2D eigenvalue weighted by molar-refractivity contribution is 14.0. The fourth-order valence-electron chi connectivity index (χ4n) is 2.39. The van der Waals surface area contributed by atoms with Crippen LogP contribution in [0.2, 0.25) is 0 Å². The second-order valence-corrected chi connectivity index (χ2v) is 7.47. The van der Waals surface area contributed by atoms with E-state index in [9.17, 15) is 8.42 Å². The van der Waals surface area contributed by atoms with Crippen LogP contribution >= 0.6 is 24.0 Å². The van der Waals surface area contributed by atoms with E-state index in [4.69, 9.17) is 0 Å². The predicted molar refractivity (Wildman–Crippen MR) is 116 cm³/mol. The largest absolute Gasteiger partial charge is 0.357 e. The van der Waals surface area contributed by atoms with Crippen molar-refractivity contribution in [2.24, 2.45) is 4.99 Å². The number of nitrogens with one attached hydrogen (secondary N) is 2. The molecule has 0 fully saturated rings. The lowest BCUT2D eigenvalue weighted by Crippen LogP contribution is -2.39. The van der Waals surface area contributed by atoms with Gasteiger partial charge >= 0.3 is 0 Å². The van der Waals surface area contributed by atoms with Crippen molar-refractivity contribution in [1.29, 1.82) is 0 Å². The van der Waals surface area contributed by atoms with Crippen molar-refractivity contribution in [3.8, 4) is 0 Å². The zero-order valence-electron chi connectivity index (χ0n) is 16.1. The third-order valence-electron chi connectivity index (χ3n) is 3.72. The van der Waals surface area contributed by atoms with Gasteiger partial charge in [0.05, 0.1) is 12.3 Å². The minimum Gasteiger partial charge on any atom is -0.357 e. The Labute approximate surface area is 174 Å². The monoisotopic (exact) mass is 501 g/mol. The van der Waals surface area contributed by atoms with Gasteiger partial charge in [-0.2, -0.15) is 0 Å². The van der Waals surface area contributed by atoms with E-state index >= 15 is 0 Å². The van der Waals surface area contributed by atoms with Gasteiger partial charge in [-0.05, 0) is 6.92 Å². The number of guanidine groups is 1. The first-order valence-electron chi connectivity index (χ1n) is 8.85. The maximum absolute atomic E-state index is 12.2. The second kappa shape index (κ2) is 13.3.